The van der Waals surface area contributed by atoms with Gasteiger partial charge in [-0.3, -0.25) is 0 Å². The molecule has 0 radical (unpaired) electrons. The van der Waals surface area contributed by atoms with Crippen LogP contribution in [-0.4, -0.2) is 10.5 Å². The van der Waals surface area contributed by atoms with E-state index in [-0.39, 0.29) is 11.0 Å². The summed E-state index contributed by atoms with van der Waals surface area (Å²) in [5.41, 5.74) is 8.84. The lowest BCUT2D eigenvalue weighted by molar-refractivity contribution is 0.433. The number of oxazole rings is 1. The highest BCUT2D eigenvalue weighted by atomic mass is 16.3. The molecule has 3 nitrogen and oxygen atoms in total. The van der Waals surface area contributed by atoms with E-state index in [0.717, 1.165) is 11.1 Å². The van der Waals surface area contributed by atoms with Crippen molar-refractivity contribution in [3.05, 3.63) is 29.7 Å². The topological polar surface area (TPSA) is 52.0 Å². The molecule has 2 aromatic rings. The summed E-state index contributed by atoms with van der Waals surface area (Å²) in [5, 5.41) is 0. The van der Waals surface area contributed by atoms with Crippen molar-refractivity contribution in [1.29, 1.82) is 0 Å². The molecule has 0 aliphatic heterocycles. The third-order valence-electron chi connectivity index (χ3n) is 2.90. The van der Waals surface area contributed by atoms with Gasteiger partial charge in [-0.2, -0.15) is 0 Å². The minimum Gasteiger partial charge on any atom is -0.441 e. The average Bonchev–Trinajstić information content (AvgIpc) is 2.53. The fourth-order valence-corrected chi connectivity index (χ4v) is 1.91. The number of aromatic nitrogens is 1. The number of hydrogen-bond acceptors (Lipinski definition) is 3. The quantitative estimate of drug-likeness (QED) is 0.883. The van der Waals surface area contributed by atoms with Gasteiger partial charge in [0.2, 0.25) is 0 Å². The van der Waals surface area contributed by atoms with Crippen LogP contribution in [0.1, 0.15) is 46.1 Å². The molecule has 2 N–H and O–H groups in total. The van der Waals surface area contributed by atoms with Crippen molar-refractivity contribution in [2.24, 2.45) is 5.73 Å². The Morgan fingerprint density at radius 2 is 1.83 bits per heavy atom. The Bertz CT molecular complexity index is 556. The molecule has 1 aromatic carbocycles. The first-order valence-corrected chi connectivity index (χ1v) is 6.34. The second-order valence-electron chi connectivity index (χ2n) is 6.71. The van der Waals surface area contributed by atoms with Crippen molar-refractivity contribution in [3.8, 4) is 0 Å². The molecule has 0 aliphatic rings. The summed E-state index contributed by atoms with van der Waals surface area (Å²) < 4.78 is 5.72. The Labute approximate surface area is 108 Å². The van der Waals surface area contributed by atoms with Crippen LogP contribution in [0.15, 0.2) is 22.6 Å². The molecule has 18 heavy (non-hydrogen) atoms. The summed E-state index contributed by atoms with van der Waals surface area (Å²) >= 11 is 0. The van der Waals surface area contributed by atoms with Crippen molar-refractivity contribution in [3.63, 3.8) is 0 Å². The van der Waals surface area contributed by atoms with Crippen molar-refractivity contribution in [2.75, 3.05) is 0 Å². The normalized spacial score (nSPS) is 13.2. The highest BCUT2D eigenvalue weighted by Gasteiger charge is 2.18. The van der Waals surface area contributed by atoms with Crippen LogP contribution in [0.2, 0.25) is 0 Å². The van der Waals surface area contributed by atoms with Gasteiger partial charge >= 0.3 is 0 Å². The van der Waals surface area contributed by atoms with E-state index in [1.807, 2.05) is 19.9 Å². The first-order valence-electron chi connectivity index (χ1n) is 6.34. The van der Waals surface area contributed by atoms with E-state index in [9.17, 15) is 0 Å². The van der Waals surface area contributed by atoms with E-state index >= 15 is 0 Å². The summed E-state index contributed by atoms with van der Waals surface area (Å²) in [4.78, 5) is 4.53. The molecule has 0 amide bonds. The zero-order chi connectivity index (χ0) is 13.6. The van der Waals surface area contributed by atoms with Gasteiger partial charge in [0.05, 0.1) is 0 Å². The molecule has 98 valence electrons. The van der Waals surface area contributed by atoms with Gasteiger partial charge < -0.3 is 10.2 Å². The first kappa shape index (κ1) is 13.1. The monoisotopic (exact) mass is 246 g/mol. The number of rotatable bonds is 2. The molecule has 0 saturated carbocycles. The van der Waals surface area contributed by atoms with Gasteiger partial charge in [-0.15, -0.1) is 0 Å². The van der Waals surface area contributed by atoms with Crippen LogP contribution in [0.5, 0.6) is 0 Å². The van der Waals surface area contributed by atoms with E-state index in [2.05, 4.69) is 37.9 Å². The number of benzene rings is 1. The van der Waals surface area contributed by atoms with E-state index < -0.39 is 0 Å². The molecule has 0 aliphatic carbocycles. The molecule has 0 atom stereocenters. The molecule has 0 spiro atoms. The zero-order valence-corrected chi connectivity index (χ0v) is 11.9. The molecule has 0 unspecified atom stereocenters. The maximum absolute atomic E-state index is 5.99. The van der Waals surface area contributed by atoms with Crippen LogP contribution < -0.4 is 5.73 Å². The molecule has 1 heterocycles. The molecule has 1 aromatic heterocycles. The summed E-state index contributed by atoms with van der Waals surface area (Å²) in [5.74, 6) is 0.712. The van der Waals surface area contributed by atoms with Crippen LogP contribution >= 0.6 is 0 Å². The second kappa shape index (κ2) is 4.09. The van der Waals surface area contributed by atoms with Crippen molar-refractivity contribution >= 4 is 11.1 Å². The summed E-state index contributed by atoms with van der Waals surface area (Å²) in [6.45, 7) is 10.5. The van der Waals surface area contributed by atoms with Gasteiger partial charge in [0.25, 0.3) is 0 Å². The van der Waals surface area contributed by atoms with E-state index in [1.54, 1.807) is 0 Å². The van der Waals surface area contributed by atoms with Gasteiger partial charge in [0.15, 0.2) is 11.5 Å². The van der Waals surface area contributed by atoms with Crippen LogP contribution in [0.4, 0.5) is 0 Å². The average molecular weight is 246 g/mol. The van der Waals surface area contributed by atoms with Crippen LogP contribution in [-0.2, 0) is 11.8 Å². The third kappa shape index (κ3) is 2.91. The van der Waals surface area contributed by atoms with Crippen molar-refractivity contribution in [2.45, 2.75) is 52.0 Å². The fourth-order valence-electron chi connectivity index (χ4n) is 1.91. The summed E-state index contributed by atoms with van der Waals surface area (Å²) in [7, 11) is 0. The fraction of sp³-hybridized carbons (Fsp3) is 0.533. The minimum atomic E-state index is -0.298. The molecule has 0 bridgehead atoms. The minimum absolute atomic E-state index is 0.125. The lowest BCUT2D eigenvalue weighted by atomic mass is 9.87. The van der Waals surface area contributed by atoms with Crippen LogP contribution in [0, 0.1) is 0 Å². The lowest BCUT2D eigenvalue weighted by Crippen LogP contribution is -2.34. The molecular formula is C15H22N2O. The maximum atomic E-state index is 5.99. The molecule has 0 saturated heterocycles. The number of nitrogens with two attached hydrogens (primary N) is 1. The summed E-state index contributed by atoms with van der Waals surface area (Å²) in [6, 6.07) is 6.20. The summed E-state index contributed by atoms with van der Waals surface area (Å²) in [6.07, 6.45) is 0.645. The lowest BCUT2D eigenvalue weighted by Gasteiger charge is -2.18. The van der Waals surface area contributed by atoms with Gasteiger partial charge in [-0.25, -0.2) is 4.98 Å². The number of fused-ring (bicyclic) bond motifs is 1. The third-order valence-corrected chi connectivity index (χ3v) is 2.90. The predicted octanol–water partition coefficient (Wildman–Crippen LogP) is 3.41. The number of nitrogens with zero attached hydrogens (tertiary/aromatic N) is 1. The Morgan fingerprint density at radius 3 is 2.39 bits per heavy atom. The maximum Gasteiger partial charge on any atom is 0.197 e. The van der Waals surface area contributed by atoms with E-state index in [1.165, 1.54) is 5.56 Å². The highest BCUT2D eigenvalue weighted by molar-refractivity contribution is 5.73. The number of hydrogen-bond donors (Lipinski definition) is 1. The van der Waals surface area contributed by atoms with Gasteiger partial charge in [-0.1, -0.05) is 26.8 Å². The van der Waals surface area contributed by atoms with E-state index in [0.29, 0.717) is 12.3 Å². The molecular weight excluding hydrogens is 224 g/mol. The van der Waals surface area contributed by atoms with Crippen LogP contribution in [0.25, 0.3) is 11.1 Å². The molecule has 2 rings (SSSR count). The molecule has 0 fully saturated rings. The van der Waals surface area contributed by atoms with Crippen LogP contribution in [0.3, 0.4) is 0 Å². The Hall–Kier alpha value is -1.35. The SMILES string of the molecule is CC(C)(N)Cc1nc2cc(C(C)(C)C)ccc2o1. The largest absolute Gasteiger partial charge is 0.441 e. The Morgan fingerprint density at radius 1 is 1.17 bits per heavy atom. The first-order chi connectivity index (χ1) is 8.15. The predicted molar refractivity (Wildman–Crippen MR) is 74.7 cm³/mol. The van der Waals surface area contributed by atoms with Crippen molar-refractivity contribution in [1.82, 2.24) is 4.98 Å². The van der Waals surface area contributed by atoms with Gasteiger partial charge in [0, 0.05) is 12.0 Å². The highest BCUT2D eigenvalue weighted by Crippen LogP contribution is 2.26. The van der Waals surface area contributed by atoms with E-state index in [4.69, 9.17) is 10.2 Å². The zero-order valence-electron chi connectivity index (χ0n) is 11.9. The molecule has 3 heteroatoms. The smallest absolute Gasteiger partial charge is 0.197 e. The standard InChI is InChI=1S/C15H22N2O/c1-14(2,3)10-6-7-12-11(8-10)17-13(18-12)9-15(4,5)16/h6-8H,9,16H2,1-5H3. The Kier molecular flexibility index (Phi) is 2.98. The second-order valence-corrected chi connectivity index (χ2v) is 6.71. The van der Waals surface area contributed by atoms with Gasteiger partial charge in [-0.05, 0) is 37.0 Å². The Balaban J connectivity index is 2.40. The van der Waals surface area contributed by atoms with Gasteiger partial charge in [0.1, 0.15) is 5.52 Å². The van der Waals surface area contributed by atoms with Crippen molar-refractivity contribution < 1.29 is 4.42 Å².